The molecule has 1 N–H and O–H groups in total. The first kappa shape index (κ1) is 10.7. The van der Waals surface area contributed by atoms with Crippen molar-refractivity contribution in [2.75, 3.05) is 0 Å². The van der Waals surface area contributed by atoms with Crippen LogP contribution in [0.15, 0.2) is 0 Å². The Balaban J connectivity index is 2.61. The van der Waals surface area contributed by atoms with Crippen molar-refractivity contribution >= 4 is 8.07 Å². The lowest BCUT2D eigenvalue weighted by atomic mass is 9.77. The predicted molar refractivity (Wildman–Crippen MR) is 50.3 cm³/mol. The SMILES string of the molecule is C[Si](C)(C)C#CC1(O)CC(F)(F)C1. The number of hydrogen-bond donors (Lipinski definition) is 1. The lowest BCUT2D eigenvalue weighted by molar-refractivity contribution is -0.176. The van der Waals surface area contributed by atoms with Crippen LogP contribution in [0.1, 0.15) is 12.8 Å². The maximum absolute atomic E-state index is 12.4. The summed E-state index contributed by atoms with van der Waals surface area (Å²) in [5, 5.41) is 9.48. The second-order valence-corrected chi connectivity index (χ2v) is 9.49. The third kappa shape index (κ3) is 3.09. The lowest BCUT2D eigenvalue weighted by Gasteiger charge is -2.39. The Kier molecular flexibility index (Phi) is 2.29. The second-order valence-electron chi connectivity index (χ2n) is 4.74. The zero-order chi connectivity index (χ0) is 10.3. The quantitative estimate of drug-likeness (QED) is 0.473. The molecule has 0 spiro atoms. The number of aliphatic hydroxyl groups is 1. The van der Waals surface area contributed by atoms with Crippen LogP contribution in [0, 0.1) is 11.5 Å². The van der Waals surface area contributed by atoms with Crippen molar-refractivity contribution in [2.45, 2.75) is 44.0 Å². The molecule has 1 saturated carbocycles. The Morgan fingerprint density at radius 3 is 2.00 bits per heavy atom. The number of halogens is 2. The molecular formula is C9H14F2OSi. The molecule has 0 aromatic heterocycles. The minimum absolute atomic E-state index is 0.502. The highest BCUT2D eigenvalue weighted by molar-refractivity contribution is 6.83. The van der Waals surface area contributed by atoms with Crippen molar-refractivity contribution in [1.82, 2.24) is 0 Å². The van der Waals surface area contributed by atoms with Gasteiger partial charge in [-0.15, -0.1) is 5.54 Å². The molecule has 0 radical (unpaired) electrons. The molecule has 74 valence electrons. The zero-order valence-electron chi connectivity index (χ0n) is 8.12. The molecule has 0 saturated heterocycles. The van der Waals surface area contributed by atoms with Crippen LogP contribution >= 0.6 is 0 Å². The highest BCUT2D eigenvalue weighted by atomic mass is 28.3. The van der Waals surface area contributed by atoms with Gasteiger partial charge in [-0.2, -0.15) is 0 Å². The molecule has 0 atom stereocenters. The summed E-state index contributed by atoms with van der Waals surface area (Å²) in [4.78, 5) is 0. The van der Waals surface area contributed by atoms with E-state index in [9.17, 15) is 13.9 Å². The van der Waals surface area contributed by atoms with Crippen LogP contribution in [-0.2, 0) is 0 Å². The van der Waals surface area contributed by atoms with Gasteiger partial charge in [0.05, 0.1) is 12.8 Å². The zero-order valence-corrected chi connectivity index (χ0v) is 9.12. The summed E-state index contributed by atoms with van der Waals surface area (Å²) in [6.07, 6.45) is -1.00. The molecule has 0 bridgehead atoms. The van der Waals surface area contributed by atoms with E-state index in [-0.39, 0.29) is 0 Å². The van der Waals surface area contributed by atoms with Crippen molar-refractivity contribution in [2.24, 2.45) is 0 Å². The molecular weight excluding hydrogens is 190 g/mol. The van der Waals surface area contributed by atoms with Gasteiger partial charge in [0.15, 0.2) is 0 Å². The van der Waals surface area contributed by atoms with Gasteiger partial charge < -0.3 is 5.11 Å². The van der Waals surface area contributed by atoms with Crippen LogP contribution in [-0.4, -0.2) is 24.7 Å². The van der Waals surface area contributed by atoms with Crippen LogP contribution < -0.4 is 0 Å². The van der Waals surface area contributed by atoms with E-state index in [1.165, 1.54) is 0 Å². The molecule has 4 heteroatoms. The summed E-state index contributed by atoms with van der Waals surface area (Å²) in [7, 11) is -1.56. The van der Waals surface area contributed by atoms with E-state index in [1.807, 2.05) is 19.6 Å². The fraction of sp³-hybridized carbons (Fsp3) is 0.778. The molecule has 0 aliphatic heterocycles. The van der Waals surface area contributed by atoms with Crippen LogP contribution in [0.3, 0.4) is 0 Å². The van der Waals surface area contributed by atoms with Crippen LogP contribution in [0.25, 0.3) is 0 Å². The lowest BCUT2D eigenvalue weighted by Crippen LogP contribution is -2.50. The van der Waals surface area contributed by atoms with E-state index in [1.54, 1.807) is 0 Å². The van der Waals surface area contributed by atoms with Crippen molar-refractivity contribution in [3.05, 3.63) is 0 Å². The van der Waals surface area contributed by atoms with Gasteiger partial charge in [-0.1, -0.05) is 25.6 Å². The van der Waals surface area contributed by atoms with Crippen LogP contribution in [0.4, 0.5) is 8.78 Å². The Labute approximate surface area is 78.2 Å². The van der Waals surface area contributed by atoms with Crippen LogP contribution in [0.5, 0.6) is 0 Å². The molecule has 1 aliphatic carbocycles. The third-order valence-corrected chi connectivity index (χ3v) is 2.65. The molecule has 13 heavy (non-hydrogen) atoms. The van der Waals surface area contributed by atoms with E-state index in [4.69, 9.17) is 0 Å². The van der Waals surface area contributed by atoms with Gasteiger partial charge in [-0.3, -0.25) is 0 Å². The van der Waals surface area contributed by atoms with Crippen molar-refractivity contribution in [3.63, 3.8) is 0 Å². The first-order chi connectivity index (χ1) is 5.62. The minimum Gasteiger partial charge on any atom is -0.377 e. The number of alkyl halides is 2. The first-order valence-corrected chi connectivity index (χ1v) is 7.77. The summed E-state index contributed by atoms with van der Waals surface area (Å²) in [5.74, 6) is -0.127. The summed E-state index contributed by atoms with van der Waals surface area (Å²) < 4.78 is 24.9. The summed E-state index contributed by atoms with van der Waals surface area (Å²) in [5.41, 5.74) is 1.49. The van der Waals surface area contributed by atoms with Gasteiger partial charge in [0, 0.05) is 0 Å². The van der Waals surface area contributed by atoms with Gasteiger partial charge in [0.2, 0.25) is 0 Å². The van der Waals surface area contributed by atoms with Gasteiger partial charge in [-0.25, -0.2) is 8.78 Å². The standard InChI is InChI=1S/C9H14F2OSi/c1-13(2,3)5-4-8(12)6-9(10,11)7-8/h12H,6-7H2,1-3H3. The monoisotopic (exact) mass is 204 g/mol. The minimum atomic E-state index is -2.71. The highest BCUT2D eigenvalue weighted by Gasteiger charge is 2.55. The van der Waals surface area contributed by atoms with E-state index in [2.05, 4.69) is 11.5 Å². The van der Waals surface area contributed by atoms with E-state index < -0.39 is 32.4 Å². The molecule has 1 aliphatic rings. The Morgan fingerprint density at radius 2 is 1.69 bits per heavy atom. The van der Waals surface area contributed by atoms with Gasteiger partial charge in [0.1, 0.15) is 13.7 Å². The molecule has 0 amide bonds. The van der Waals surface area contributed by atoms with Crippen molar-refractivity contribution < 1.29 is 13.9 Å². The van der Waals surface area contributed by atoms with E-state index in [0.717, 1.165) is 0 Å². The van der Waals surface area contributed by atoms with Gasteiger partial charge in [-0.05, 0) is 0 Å². The molecule has 0 unspecified atom stereocenters. The number of hydrogen-bond acceptors (Lipinski definition) is 1. The molecule has 0 heterocycles. The third-order valence-electron chi connectivity index (χ3n) is 1.77. The highest BCUT2D eigenvalue weighted by Crippen LogP contribution is 2.45. The Morgan fingerprint density at radius 1 is 1.23 bits per heavy atom. The maximum atomic E-state index is 12.4. The summed E-state index contributed by atoms with van der Waals surface area (Å²) in [6.45, 7) is 6.04. The smallest absolute Gasteiger partial charge is 0.255 e. The molecule has 1 nitrogen and oxygen atoms in total. The average molecular weight is 204 g/mol. The predicted octanol–water partition coefficient (Wildman–Crippen LogP) is 2.03. The Hall–Kier alpha value is -0.403. The van der Waals surface area contributed by atoms with Gasteiger partial charge in [0.25, 0.3) is 5.92 Å². The summed E-state index contributed by atoms with van der Waals surface area (Å²) >= 11 is 0. The van der Waals surface area contributed by atoms with Crippen molar-refractivity contribution in [3.8, 4) is 11.5 Å². The maximum Gasteiger partial charge on any atom is 0.255 e. The van der Waals surface area contributed by atoms with Crippen molar-refractivity contribution in [1.29, 1.82) is 0 Å². The molecule has 0 aromatic rings. The van der Waals surface area contributed by atoms with E-state index >= 15 is 0 Å². The fourth-order valence-corrected chi connectivity index (χ4v) is 1.80. The molecule has 1 rings (SSSR count). The number of rotatable bonds is 0. The topological polar surface area (TPSA) is 20.2 Å². The average Bonchev–Trinajstić information content (AvgIpc) is 1.77. The Bertz CT molecular complexity index is 262. The van der Waals surface area contributed by atoms with Gasteiger partial charge >= 0.3 is 0 Å². The second kappa shape index (κ2) is 2.79. The van der Waals surface area contributed by atoms with Crippen LogP contribution in [0.2, 0.25) is 19.6 Å². The summed E-state index contributed by atoms with van der Waals surface area (Å²) in [6, 6.07) is 0. The van der Waals surface area contributed by atoms with E-state index in [0.29, 0.717) is 0 Å². The molecule has 0 aromatic carbocycles. The fourth-order valence-electron chi connectivity index (χ4n) is 1.20. The normalized spacial score (nSPS) is 24.2. The first-order valence-electron chi connectivity index (χ1n) is 4.27. The molecule has 1 fully saturated rings. The largest absolute Gasteiger partial charge is 0.377 e.